The number of carbonyl (C=O) groups excluding carboxylic acids is 1. The average molecular weight is 398 g/mol. The van der Waals surface area contributed by atoms with Crippen molar-refractivity contribution < 1.29 is 13.9 Å². The van der Waals surface area contributed by atoms with E-state index >= 15 is 0 Å². The van der Waals surface area contributed by atoms with E-state index in [4.69, 9.17) is 27.9 Å². The predicted molar refractivity (Wildman–Crippen MR) is 105 cm³/mol. The summed E-state index contributed by atoms with van der Waals surface area (Å²) in [4.78, 5) is 12.3. The van der Waals surface area contributed by atoms with Gasteiger partial charge in [-0.25, -0.2) is 4.39 Å². The van der Waals surface area contributed by atoms with Crippen molar-refractivity contribution in [1.29, 1.82) is 0 Å². The molecule has 0 unspecified atom stereocenters. The van der Waals surface area contributed by atoms with E-state index in [2.05, 4.69) is 12.2 Å². The van der Waals surface area contributed by atoms with Crippen LogP contribution in [-0.2, 0) is 0 Å². The lowest BCUT2D eigenvalue weighted by Gasteiger charge is -2.12. The lowest BCUT2D eigenvalue weighted by Crippen LogP contribution is -2.13. The predicted octanol–water partition coefficient (Wildman–Crippen LogP) is 6.73. The topological polar surface area (TPSA) is 38.3 Å². The van der Waals surface area contributed by atoms with Gasteiger partial charge in [0.15, 0.2) is 5.75 Å². The Kier molecular flexibility index (Phi) is 8.20. The molecular weight excluding hydrogens is 376 g/mol. The average Bonchev–Trinajstić information content (AvgIpc) is 2.61. The summed E-state index contributed by atoms with van der Waals surface area (Å²) < 4.78 is 19.3. The van der Waals surface area contributed by atoms with Crippen molar-refractivity contribution in [1.82, 2.24) is 0 Å². The summed E-state index contributed by atoms with van der Waals surface area (Å²) in [7, 11) is 0. The van der Waals surface area contributed by atoms with Crippen LogP contribution >= 0.6 is 23.2 Å². The summed E-state index contributed by atoms with van der Waals surface area (Å²) in [6.45, 7) is 2.68. The largest absolute Gasteiger partial charge is 0.490 e. The number of amides is 1. The zero-order chi connectivity index (χ0) is 18.9. The van der Waals surface area contributed by atoms with Gasteiger partial charge in [0.25, 0.3) is 5.91 Å². The molecule has 0 aliphatic rings. The lowest BCUT2D eigenvalue weighted by molar-refractivity contribution is 0.102. The SMILES string of the molecule is CCCCCCCOc1c(Cl)cc(C(=O)Nc2ccccc2F)cc1Cl. The molecule has 0 spiro atoms. The van der Waals surface area contributed by atoms with Crippen molar-refractivity contribution in [2.24, 2.45) is 0 Å². The minimum Gasteiger partial charge on any atom is -0.490 e. The van der Waals surface area contributed by atoms with Crippen molar-refractivity contribution in [2.45, 2.75) is 39.0 Å². The van der Waals surface area contributed by atoms with Gasteiger partial charge in [0.05, 0.1) is 22.3 Å². The van der Waals surface area contributed by atoms with Crippen LogP contribution in [0.15, 0.2) is 36.4 Å². The number of carbonyl (C=O) groups is 1. The molecule has 0 aromatic heterocycles. The third-order valence-corrected chi connectivity index (χ3v) is 4.44. The monoisotopic (exact) mass is 397 g/mol. The Morgan fingerprint density at radius 1 is 1.08 bits per heavy atom. The number of benzene rings is 2. The number of hydrogen-bond donors (Lipinski definition) is 1. The molecule has 26 heavy (non-hydrogen) atoms. The summed E-state index contributed by atoms with van der Waals surface area (Å²) in [6.07, 6.45) is 5.59. The molecule has 0 atom stereocenters. The summed E-state index contributed by atoms with van der Waals surface area (Å²) in [5.74, 6) is -0.641. The van der Waals surface area contributed by atoms with Crippen molar-refractivity contribution in [3.05, 3.63) is 57.8 Å². The molecule has 3 nitrogen and oxygen atoms in total. The molecule has 0 bridgehead atoms. The normalized spacial score (nSPS) is 10.6. The van der Waals surface area contributed by atoms with Crippen molar-refractivity contribution >= 4 is 34.8 Å². The van der Waals surface area contributed by atoms with Gasteiger partial charge in [-0.1, -0.05) is 67.9 Å². The second-order valence-electron chi connectivity index (χ2n) is 5.97. The molecule has 0 fully saturated rings. The van der Waals surface area contributed by atoms with Crippen LogP contribution in [0, 0.1) is 5.82 Å². The maximum Gasteiger partial charge on any atom is 0.255 e. The maximum atomic E-state index is 13.7. The summed E-state index contributed by atoms with van der Waals surface area (Å²) in [5.41, 5.74) is 0.329. The Morgan fingerprint density at radius 3 is 2.38 bits per heavy atom. The first-order valence-corrected chi connectivity index (χ1v) is 9.46. The summed E-state index contributed by atoms with van der Waals surface area (Å²) in [6, 6.07) is 8.87. The lowest BCUT2D eigenvalue weighted by atomic mass is 10.1. The molecule has 2 aromatic carbocycles. The van der Waals surface area contributed by atoms with Crippen molar-refractivity contribution in [2.75, 3.05) is 11.9 Å². The zero-order valence-corrected chi connectivity index (χ0v) is 16.2. The van der Waals surface area contributed by atoms with E-state index in [1.54, 1.807) is 12.1 Å². The Hall–Kier alpha value is -1.78. The molecule has 6 heteroatoms. The standard InChI is InChI=1S/C20H22Cl2FNO2/c1-2-3-4-5-8-11-26-19-15(21)12-14(13-16(19)22)20(25)24-18-10-7-6-9-17(18)23/h6-7,9-10,12-13H,2-5,8,11H2,1H3,(H,24,25). The third kappa shape index (κ3) is 5.89. The first kappa shape index (κ1) is 20.5. The number of anilines is 1. The first-order valence-electron chi connectivity index (χ1n) is 8.70. The van der Waals surface area contributed by atoms with E-state index < -0.39 is 11.7 Å². The maximum absolute atomic E-state index is 13.7. The number of unbranched alkanes of at least 4 members (excludes halogenated alkanes) is 4. The van der Waals surface area contributed by atoms with Gasteiger partial charge in [-0.2, -0.15) is 0 Å². The van der Waals surface area contributed by atoms with Gasteiger partial charge >= 0.3 is 0 Å². The molecule has 140 valence electrons. The van der Waals surface area contributed by atoms with E-state index in [-0.39, 0.29) is 21.3 Å². The van der Waals surface area contributed by atoms with Gasteiger partial charge < -0.3 is 10.1 Å². The summed E-state index contributed by atoms with van der Waals surface area (Å²) in [5, 5.41) is 3.01. The van der Waals surface area contributed by atoms with Gasteiger partial charge in [0, 0.05) is 5.56 Å². The number of hydrogen-bond acceptors (Lipinski definition) is 2. The van der Waals surface area contributed by atoms with E-state index in [0.717, 1.165) is 12.8 Å². The number of halogens is 3. The second-order valence-corrected chi connectivity index (χ2v) is 6.78. The Labute approximate surface area is 163 Å². The molecule has 2 rings (SSSR count). The van der Waals surface area contributed by atoms with Crippen molar-refractivity contribution in [3.8, 4) is 5.75 Å². The number of nitrogens with one attached hydrogen (secondary N) is 1. The van der Waals surface area contributed by atoms with E-state index in [9.17, 15) is 9.18 Å². The van der Waals surface area contributed by atoms with Crippen LogP contribution in [-0.4, -0.2) is 12.5 Å². The number of para-hydroxylation sites is 1. The van der Waals surface area contributed by atoms with Gasteiger partial charge in [-0.3, -0.25) is 4.79 Å². The highest BCUT2D eigenvalue weighted by molar-refractivity contribution is 6.37. The molecule has 0 saturated heterocycles. The van der Waals surface area contributed by atoms with Crippen LogP contribution in [0.3, 0.4) is 0 Å². The smallest absolute Gasteiger partial charge is 0.255 e. The van der Waals surface area contributed by atoms with Crippen molar-refractivity contribution in [3.63, 3.8) is 0 Å². The first-order chi connectivity index (χ1) is 12.5. The van der Waals surface area contributed by atoms with Crippen LogP contribution in [0.1, 0.15) is 49.4 Å². The quantitative estimate of drug-likeness (QED) is 0.476. The molecule has 0 aliphatic heterocycles. The molecule has 0 radical (unpaired) electrons. The second kappa shape index (κ2) is 10.4. The fourth-order valence-electron chi connectivity index (χ4n) is 2.47. The molecule has 1 amide bonds. The highest BCUT2D eigenvalue weighted by Gasteiger charge is 2.15. The molecule has 0 aliphatic carbocycles. The van der Waals surface area contributed by atoms with E-state index in [1.165, 1.54) is 43.5 Å². The highest BCUT2D eigenvalue weighted by atomic mass is 35.5. The highest BCUT2D eigenvalue weighted by Crippen LogP contribution is 2.34. The fourth-order valence-corrected chi connectivity index (χ4v) is 3.06. The van der Waals surface area contributed by atoms with Gasteiger partial charge in [0.1, 0.15) is 5.82 Å². The van der Waals surface area contributed by atoms with Gasteiger partial charge in [-0.05, 0) is 30.7 Å². The molecule has 1 N–H and O–H groups in total. The van der Waals surface area contributed by atoms with Gasteiger partial charge in [0.2, 0.25) is 0 Å². The minimum atomic E-state index is -0.513. The molecular formula is C20H22Cl2FNO2. The van der Waals surface area contributed by atoms with Gasteiger partial charge in [-0.15, -0.1) is 0 Å². The number of ether oxygens (including phenoxy) is 1. The summed E-state index contributed by atoms with van der Waals surface area (Å²) >= 11 is 12.4. The Balaban J connectivity index is 1.99. The Bertz CT molecular complexity index is 729. The Morgan fingerprint density at radius 2 is 1.73 bits per heavy atom. The van der Waals surface area contributed by atoms with E-state index in [1.807, 2.05) is 0 Å². The van der Waals surface area contributed by atoms with Crippen LogP contribution in [0.4, 0.5) is 10.1 Å². The van der Waals surface area contributed by atoms with E-state index in [0.29, 0.717) is 12.4 Å². The van der Waals surface area contributed by atoms with Crippen LogP contribution < -0.4 is 10.1 Å². The third-order valence-electron chi connectivity index (χ3n) is 3.88. The molecule has 0 saturated carbocycles. The zero-order valence-electron chi connectivity index (χ0n) is 14.7. The molecule has 2 aromatic rings. The number of rotatable bonds is 9. The fraction of sp³-hybridized carbons (Fsp3) is 0.350. The van der Waals surface area contributed by atoms with Crippen LogP contribution in [0.25, 0.3) is 0 Å². The van der Waals surface area contributed by atoms with Crippen LogP contribution in [0.5, 0.6) is 5.75 Å². The minimum absolute atomic E-state index is 0.0946. The molecule has 0 heterocycles. The van der Waals surface area contributed by atoms with Crippen LogP contribution in [0.2, 0.25) is 10.0 Å².